The van der Waals surface area contributed by atoms with E-state index < -0.39 is 101 Å². The van der Waals surface area contributed by atoms with E-state index in [1.807, 2.05) is 78.9 Å². The molecule has 0 radical (unpaired) electrons. The number of aromatic nitrogens is 2. The highest BCUT2D eigenvalue weighted by atomic mass is 33.1. The van der Waals surface area contributed by atoms with Gasteiger partial charge in [-0.15, -0.1) is 0 Å². The van der Waals surface area contributed by atoms with E-state index in [9.17, 15) is 43.5 Å². The summed E-state index contributed by atoms with van der Waals surface area (Å²) in [6.45, 7) is 3.74. The molecule has 21 heteroatoms. The SMILES string of the molecule is CC(C)[C@@H]1NC(=O)[C@H](CCCCN)NC(=O)[C@@H](Cc2c[nH]c3ccccc23)NC(=O)[C@H](Cc2ccc(O)cc2)NC(=O)[C@@H](CC(=O)[C@H](N)Cc2ccccc2)CSSC[C@@H](C(=O)C[C@@H](Cc2c[nH]c3ccccc23)C(N)=O)NC1=O. The Labute approximate surface area is 472 Å². The molecule has 2 aromatic heterocycles. The van der Waals surface area contributed by atoms with Crippen LogP contribution >= 0.6 is 21.6 Å². The molecule has 1 saturated heterocycles. The number of primary amides is 1. The molecule has 0 aliphatic carbocycles. The van der Waals surface area contributed by atoms with Gasteiger partial charge in [-0.3, -0.25) is 38.4 Å². The number of para-hydroxylation sites is 2. The first-order chi connectivity index (χ1) is 38.5. The maximum Gasteiger partial charge on any atom is 0.243 e. The minimum atomic E-state index is -1.35. The molecule has 1 fully saturated rings. The van der Waals surface area contributed by atoms with Crippen molar-refractivity contribution in [3.63, 3.8) is 0 Å². The van der Waals surface area contributed by atoms with E-state index in [0.29, 0.717) is 30.5 Å². The van der Waals surface area contributed by atoms with Crippen molar-refractivity contribution >= 4 is 90.4 Å². The van der Waals surface area contributed by atoms with Crippen molar-refractivity contribution in [1.29, 1.82) is 0 Å². The summed E-state index contributed by atoms with van der Waals surface area (Å²) in [6.07, 6.45) is 3.97. The van der Waals surface area contributed by atoms with E-state index in [4.69, 9.17) is 17.2 Å². The molecule has 1 aliphatic rings. The number of fused-ring (bicyclic) bond motifs is 2. The summed E-state index contributed by atoms with van der Waals surface area (Å²) in [6, 6.07) is 22.8. The third-order valence-electron chi connectivity index (χ3n) is 14.4. The number of carbonyl (C=O) groups is 8. The summed E-state index contributed by atoms with van der Waals surface area (Å²) in [5, 5.41) is 26.1. The largest absolute Gasteiger partial charge is 0.508 e. The second-order valence-corrected chi connectivity index (χ2v) is 23.3. The lowest BCUT2D eigenvalue weighted by Gasteiger charge is -2.29. The second-order valence-electron chi connectivity index (χ2n) is 20.8. The normalized spacial score (nSPS) is 20.9. The van der Waals surface area contributed by atoms with Gasteiger partial charge in [-0.2, -0.15) is 0 Å². The number of nitrogens with two attached hydrogens (primary N) is 3. The van der Waals surface area contributed by atoms with Crippen LogP contribution in [0.1, 0.15) is 68.2 Å². The number of aromatic hydroxyl groups is 1. The lowest BCUT2D eigenvalue weighted by atomic mass is 9.91. The molecule has 6 aromatic rings. The summed E-state index contributed by atoms with van der Waals surface area (Å²) in [5.74, 6) is -7.97. The highest BCUT2D eigenvalue weighted by Crippen LogP contribution is 2.29. The van der Waals surface area contributed by atoms with E-state index >= 15 is 0 Å². The minimum Gasteiger partial charge on any atom is -0.508 e. The molecule has 0 unspecified atom stereocenters. The third-order valence-corrected chi connectivity index (χ3v) is 16.9. The molecule has 80 heavy (non-hydrogen) atoms. The van der Waals surface area contributed by atoms with Gasteiger partial charge in [-0.1, -0.05) is 114 Å². The van der Waals surface area contributed by atoms with E-state index in [-0.39, 0.29) is 62.2 Å². The number of nitrogens with one attached hydrogen (secondary N) is 7. The topological polar surface area (TPSA) is 327 Å². The summed E-state index contributed by atoms with van der Waals surface area (Å²) < 4.78 is 0. The van der Waals surface area contributed by atoms with Gasteiger partial charge in [0, 0.05) is 77.3 Å². The second kappa shape index (κ2) is 29.1. The Bertz CT molecular complexity index is 3110. The summed E-state index contributed by atoms with van der Waals surface area (Å²) in [7, 11) is 2.30. The summed E-state index contributed by atoms with van der Waals surface area (Å²) in [4.78, 5) is 122. The zero-order valence-electron chi connectivity index (χ0n) is 44.9. The first-order valence-electron chi connectivity index (χ1n) is 27.0. The number of aromatic amines is 2. The van der Waals surface area contributed by atoms with Gasteiger partial charge in [-0.25, -0.2) is 0 Å². The van der Waals surface area contributed by atoms with Gasteiger partial charge in [0.05, 0.1) is 18.0 Å². The van der Waals surface area contributed by atoms with Crippen LogP contribution in [0, 0.1) is 17.8 Å². The van der Waals surface area contributed by atoms with Gasteiger partial charge in [0.15, 0.2) is 11.6 Å². The maximum atomic E-state index is 14.9. The number of H-pyrrole nitrogens is 2. The number of benzene rings is 4. The predicted molar refractivity (Wildman–Crippen MR) is 312 cm³/mol. The molecule has 19 nitrogen and oxygen atoms in total. The monoisotopic (exact) mass is 1130 g/mol. The fraction of sp³-hybridized carbons (Fsp3) is 0.390. The first kappa shape index (κ1) is 60.2. The molecule has 0 saturated carbocycles. The van der Waals surface area contributed by atoms with Crippen molar-refractivity contribution in [1.82, 2.24) is 36.6 Å². The molecular formula is C59H72N10O9S2. The predicted octanol–water partition coefficient (Wildman–Crippen LogP) is 4.19. The van der Waals surface area contributed by atoms with Crippen LogP contribution in [0.4, 0.5) is 0 Å². The van der Waals surface area contributed by atoms with Crippen molar-refractivity contribution in [2.75, 3.05) is 18.1 Å². The van der Waals surface area contributed by atoms with Crippen LogP contribution < -0.4 is 43.8 Å². The zero-order chi connectivity index (χ0) is 57.3. The lowest BCUT2D eigenvalue weighted by molar-refractivity contribution is -0.136. The van der Waals surface area contributed by atoms with E-state index in [1.165, 1.54) is 12.1 Å². The Morgan fingerprint density at radius 3 is 1.85 bits per heavy atom. The fourth-order valence-electron chi connectivity index (χ4n) is 9.74. The number of unbranched alkanes of at least 4 members (excludes halogenated alkanes) is 1. The van der Waals surface area contributed by atoms with Crippen LogP contribution in [0.3, 0.4) is 0 Å². The molecular weight excluding hydrogens is 1060 g/mol. The Morgan fingerprint density at radius 1 is 0.625 bits per heavy atom. The lowest BCUT2D eigenvalue weighted by Crippen LogP contribution is -2.60. The number of hydrogen-bond donors (Lipinski definition) is 11. The highest BCUT2D eigenvalue weighted by molar-refractivity contribution is 8.76. The van der Waals surface area contributed by atoms with Crippen molar-refractivity contribution in [3.05, 3.63) is 138 Å². The quantitative estimate of drug-likeness (QED) is 0.0378. The van der Waals surface area contributed by atoms with Crippen LogP contribution in [-0.2, 0) is 64.0 Å². The van der Waals surface area contributed by atoms with Crippen LogP contribution in [0.5, 0.6) is 5.75 Å². The summed E-state index contributed by atoms with van der Waals surface area (Å²) in [5.41, 5.74) is 22.8. The van der Waals surface area contributed by atoms with Gasteiger partial charge in [-0.05, 0) is 91.1 Å². The zero-order valence-corrected chi connectivity index (χ0v) is 46.5. The van der Waals surface area contributed by atoms with Crippen molar-refractivity contribution in [2.45, 2.75) is 108 Å². The first-order valence-corrected chi connectivity index (χ1v) is 29.4. The van der Waals surface area contributed by atoms with Gasteiger partial charge in [0.1, 0.15) is 29.9 Å². The van der Waals surface area contributed by atoms with Crippen molar-refractivity contribution < 1.29 is 43.5 Å². The Hall–Kier alpha value is -7.46. The molecule has 424 valence electrons. The molecule has 6 amide bonds. The number of Topliss-reactive ketones (excluding diaryl/α,β-unsaturated/α-hetero) is 2. The Kier molecular flexibility index (Phi) is 21.9. The van der Waals surface area contributed by atoms with Gasteiger partial charge in [0.2, 0.25) is 35.4 Å². The highest BCUT2D eigenvalue weighted by Gasteiger charge is 2.36. The maximum absolute atomic E-state index is 14.9. The molecule has 0 bridgehead atoms. The Morgan fingerprint density at radius 2 is 1.20 bits per heavy atom. The molecule has 0 spiro atoms. The van der Waals surface area contributed by atoms with Crippen LogP contribution in [0.2, 0.25) is 0 Å². The molecule has 14 N–H and O–H groups in total. The van der Waals surface area contributed by atoms with Crippen molar-refractivity contribution in [2.24, 2.45) is 35.0 Å². The molecule has 1 aliphatic heterocycles. The van der Waals surface area contributed by atoms with Gasteiger partial charge in [0.25, 0.3) is 0 Å². The van der Waals surface area contributed by atoms with Gasteiger partial charge >= 0.3 is 0 Å². The minimum absolute atomic E-state index is 0.0275. The number of phenolic OH excluding ortho intramolecular Hbond substituents is 1. The van der Waals surface area contributed by atoms with Crippen LogP contribution in [-0.4, -0.2) is 116 Å². The van der Waals surface area contributed by atoms with E-state index in [1.54, 1.807) is 38.4 Å². The smallest absolute Gasteiger partial charge is 0.243 e. The number of phenols is 1. The number of carbonyl (C=O) groups excluding carboxylic acids is 8. The van der Waals surface area contributed by atoms with Crippen LogP contribution in [0.15, 0.2) is 116 Å². The fourth-order valence-corrected chi connectivity index (χ4v) is 12.3. The third kappa shape index (κ3) is 16.8. The summed E-state index contributed by atoms with van der Waals surface area (Å²) >= 11 is 0. The van der Waals surface area contributed by atoms with Crippen molar-refractivity contribution in [3.8, 4) is 5.75 Å². The molecule has 3 heterocycles. The standard InChI is InChI=1S/C59H72N10O9S2/c1-34(2)53-59(78)68-50(52(72)28-37(54(62)73)26-38-30-63-45-16-8-6-14-42(38)45)33-80-79-32-40(29-51(71)44(61)24-35-12-4-3-5-13-35)55(74)66-48(25-36-19-21-41(70)22-20-36)57(76)67-49(27-39-31-64-46-17-9-7-15-43(39)46)58(77)65-47(56(75)69-53)18-10-11-23-60/h3-9,12-17,19-22,30-31,34,37,40,44,47-50,53,63-64,70H,10-11,18,23-29,32-33,60-61H2,1-2H3,(H2,62,73)(H,65,77)(H,66,74)(H,67,76)(H,68,78)(H,69,75)/t37-,40+,44-,47+,48+,49-,50+,53+/m1/s1. The number of amides is 6. The number of rotatable bonds is 20. The number of hydrogen-bond acceptors (Lipinski definition) is 13. The van der Waals surface area contributed by atoms with Gasteiger partial charge < -0.3 is 58.9 Å². The van der Waals surface area contributed by atoms with E-state index in [2.05, 4.69) is 36.6 Å². The number of ketones is 2. The van der Waals surface area contributed by atoms with E-state index in [0.717, 1.165) is 54.5 Å². The molecule has 8 atom stereocenters. The average molecular weight is 1130 g/mol. The average Bonchev–Trinajstić information content (AvgIpc) is 4.06. The molecule has 7 rings (SSSR count). The molecule has 4 aromatic carbocycles. The van der Waals surface area contributed by atoms with Crippen LogP contribution in [0.25, 0.3) is 21.8 Å². The Balaban J connectivity index is 1.25.